The van der Waals surface area contributed by atoms with Crippen LogP contribution in [-0.2, 0) is 11.3 Å². The molecule has 0 aliphatic rings. The molecule has 0 spiro atoms. The molecule has 0 saturated heterocycles. The number of nitrogens with zero attached hydrogens (tertiary/aromatic N) is 3. The zero-order valence-electron chi connectivity index (χ0n) is 14.1. The lowest BCUT2D eigenvalue weighted by molar-refractivity contribution is -0.384. The van der Waals surface area contributed by atoms with Crippen LogP contribution in [0.1, 0.15) is 13.3 Å². The molecule has 0 unspecified atom stereocenters. The number of thiazole rings is 1. The molecule has 0 aliphatic heterocycles. The second-order valence-electron chi connectivity index (χ2n) is 5.46. The second kappa shape index (κ2) is 8.29. The van der Waals surface area contributed by atoms with Gasteiger partial charge in [0.1, 0.15) is 0 Å². The highest BCUT2D eigenvalue weighted by Gasteiger charge is 2.12. The SMILES string of the molecule is CCn1c(=NC(=O)CCSc2ccccc2)sc2cc([N+](=O)[O-])ccc21. The van der Waals surface area contributed by atoms with Gasteiger partial charge in [0.05, 0.1) is 15.1 Å². The van der Waals surface area contributed by atoms with Gasteiger partial charge in [-0.15, -0.1) is 11.8 Å². The minimum Gasteiger partial charge on any atom is -0.317 e. The molecule has 6 nitrogen and oxygen atoms in total. The highest BCUT2D eigenvalue weighted by Crippen LogP contribution is 2.23. The highest BCUT2D eigenvalue weighted by atomic mass is 32.2. The average molecular weight is 387 g/mol. The van der Waals surface area contributed by atoms with Gasteiger partial charge in [0.25, 0.3) is 5.69 Å². The van der Waals surface area contributed by atoms with Crippen LogP contribution in [0.15, 0.2) is 58.4 Å². The third-order valence-corrected chi connectivity index (χ3v) is 5.80. The topological polar surface area (TPSA) is 77.5 Å². The maximum atomic E-state index is 12.2. The van der Waals surface area contributed by atoms with Gasteiger partial charge in [-0.1, -0.05) is 29.5 Å². The van der Waals surface area contributed by atoms with E-state index in [9.17, 15) is 14.9 Å². The zero-order chi connectivity index (χ0) is 18.5. The summed E-state index contributed by atoms with van der Waals surface area (Å²) in [5.41, 5.74) is 0.896. The van der Waals surface area contributed by atoms with Crippen molar-refractivity contribution in [1.29, 1.82) is 0 Å². The van der Waals surface area contributed by atoms with Gasteiger partial charge in [-0.05, 0) is 25.1 Å². The number of hydrogen-bond donors (Lipinski definition) is 0. The van der Waals surface area contributed by atoms with Crippen molar-refractivity contribution in [1.82, 2.24) is 4.57 Å². The van der Waals surface area contributed by atoms with Gasteiger partial charge in [-0.3, -0.25) is 14.9 Å². The van der Waals surface area contributed by atoms with Gasteiger partial charge < -0.3 is 4.57 Å². The molecular weight excluding hydrogens is 370 g/mol. The first-order valence-electron chi connectivity index (χ1n) is 8.11. The van der Waals surface area contributed by atoms with Crippen molar-refractivity contribution in [3.05, 3.63) is 63.4 Å². The number of carbonyl (C=O) groups is 1. The van der Waals surface area contributed by atoms with Crippen LogP contribution in [0.25, 0.3) is 10.2 Å². The summed E-state index contributed by atoms with van der Waals surface area (Å²) < 4.78 is 2.66. The second-order valence-corrected chi connectivity index (χ2v) is 7.63. The maximum absolute atomic E-state index is 12.2. The lowest BCUT2D eigenvalue weighted by Gasteiger charge is -2.00. The molecule has 26 heavy (non-hydrogen) atoms. The lowest BCUT2D eigenvalue weighted by Crippen LogP contribution is -2.15. The molecule has 134 valence electrons. The molecule has 3 rings (SSSR count). The van der Waals surface area contributed by atoms with Gasteiger partial charge in [0.2, 0.25) is 5.91 Å². The number of carbonyl (C=O) groups excluding carboxylic acids is 1. The van der Waals surface area contributed by atoms with Crippen LogP contribution in [0.3, 0.4) is 0 Å². The molecule has 0 atom stereocenters. The van der Waals surface area contributed by atoms with Crippen LogP contribution in [0.4, 0.5) is 5.69 Å². The normalized spacial score (nSPS) is 11.8. The van der Waals surface area contributed by atoms with Gasteiger partial charge in [0, 0.05) is 35.7 Å². The van der Waals surface area contributed by atoms with Gasteiger partial charge >= 0.3 is 0 Å². The highest BCUT2D eigenvalue weighted by molar-refractivity contribution is 7.99. The van der Waals surface area contributed by atoms with Crippen molar-refractivity contribution in [2.45, 2.75) is 24.8 Å². The molecule has 1 amide bonds. The summed E-state index contributed by atoms with van der Waals surface area (Å²) in [6.07, 6.45) is 0.345. The number of aryl methyl sites for hydroxylation is 1. The fourth-order valence-corrected chi connectivity index (χ4v) is 4.51. The standard InChI is InChI=1S/C18H17N3O3S2/c1-2-20-15-9-8-13(21(23)24)12-16(15)26-18(20)19-17(22)10-11-25-14-6-4-3-5-7-14/h3-9,12H,2,10-11H2,1H3. The Morgan fingerprint density at radius 1 is 1.27 bits per heavy atom. The van der Waals surface area contributed by atoms with E-state index in [1.807, 2.05) is 41.8 Å². The first-order valence-corrected chi connectivity index (χ1v) is 9.92. The fourth-order valence-electron chi connectivity index (χ4n) is 2.50. The Hall–Kier alpha value is -2.45. The van der Waals surface area contributed by atoms with E-state index in [1.165, 1.54) is 23.5 Å². The number of nitro groups is 1. The van der Waals surface area contributed by atoms with Crippen LogP contribution in [0, 0.1) is 10.1 Å². The predicted octanol–water partition coefficient (Wildman–Crippen LogP) is 4.24. The van der Waals surface area contributed by atoms with Crippen molar-refractivity contribution in [3.8, 4) is 0 Å². The number of nitro benzene ring substituents is 1. The van der Waals surface area contributed by atoms with Crippen LogP contribution < -0.4 is 4.80 Å². The molecule has 3 aromatic rings. The van der Waals surface area contributed by atoms with E-state index in [0.29, 0.717) is 23.5 Å². The zero-order valence-corrected chi connectivity index (χ0v) is 15.8. The Balaban J connectivity index is 1.79. The van der Waals surface area contributed by atoms with Crippen molar-refractivity contribution in [2.24, 2.45) is 4.99 Å². The first-order chi connectivity index (χ1) is 12.6. The molecule has 1 heterocycles. The lowest BCUT2D eigenvalue weighted by atomic mass is 10.3. The molecule has 1 aromatic heterocycles. The first kappa shape index (κ1) is 18.3. The molecule has 0 saturated carbocycles. The Labute approximate surface area is 158 Å². The summed E-state index contributed by atoms with van der Waals surface area (Å²) in [6, 6.07) is 14.6. The molecule has 0 bridgehead atoms. The van der Waals surface area contributed by atoms with Crippen LogP contribution in [-0.4, -0.2) is 21.2 Å². The van der Waals surface area contributed by atoms with E-state index < -0.39 is 4.92 Å². The van der Waals surface area contributed by atoms with Crippen LogP contribution in [0.5, 0.6) is 0 Å². The molecular formula is C18H17N3O3S2. The van der Waals surface area contributed by atoms with E-state index in [-0.39, 0.29) is 11.6 Å². The van der Waals surface area contributed by atoms with E-state index in [1.54, 1.807) is 17.8 Å². The number of hydrogen-bond acceptors (Lipinski definition) is 5. The van der Waals surface area contributed by atoms with E-state index >= 15 is 0 Å². The number of rotatable bonds is 6. The molecule has 2 aromatic carbocycles. The minimum absolute atomic E-state index is 0.0409. The number of thioether (sulfide) groups is 1. The summed E-state index contributed by atoms with van der Waals surface area (Å²) in [4.78, 5) is 28.7. The van der Waals surface area contributed by atoms with Gasteiger partial charge in [-0.25, -0.2) is 0 Å². The Morgan fingerprint density at radius 3 is 2.73 bits per heavy atom. The van der Waals surface area contributed by atoms with Gasteiger partial charge in [-0.2, -0.15) is 4.99 Å². The largest absolute Gasteiger partial charge is 0.317 e. The number of non-ortho nitro benzene ring substituents is 1. The quantitative estimate of drug-likeness (QED) is 0.360. The minimum atomic E-state index is -0.418. The Morgan fingerprint density at radius 2 is 2.04 bits per heavy atom. The van der Waals surface area contributed by atoms with Crippen molar-refractivity contribution in [2.75, 3.05) is 5.75 Å². The third-order valence-electron chi connectivity index (χ3n) is 3.74. The molecule has 0 N–H and O–H groups in total. The average Bonchev–Trinajstić information content (AvgIpc) is 2.98. The monoisotopic (exact) mass is 387 g/mol. The van der Waals surface area contributed by atoms with Gasteiger partial charge in [0.15, 0.2) is 4.80 Å². The summed E-state index contributed by atoms with van der Waals surface area (Å²) in [6.45, 7) is 2.60. The maximum Gasteiger partial charge on any atom is 0.270 e. The Kier molecular flexibility index (Phi) is 5.85. The number of fused-ring (bicyclic) bond motifs is 1. The van der Waals surface area contributed by atoms with E-state index in [0.717, 1.165) is 15.1 Å². The van der Waals surface area contributed by atoms with Crippen LogP contribution in [0.2, 0.25) is 0 Å². The predicted molar refractivity (Wildman–Crippen MR) is 104 cm³/mol. The smallest absolute Gasteiger partial charge is 0.270 e. The van der Waals surface area contributed by atoms with Crippen molar-refractivity contribution in [3.63, 3.8) is 0 Å². The van der Waals surface area contributed by atoms with Crippen molar-refractivity contribution >= 4 is 44.9 Å². The molecule has 8 heteroatoms. The summed E-state index contributed by atoms with van der Waals surface area (Å²) >= 11 is 2.92. The van der Waals surface area contributed by atoms with E-state index in [2.05, 4.69) is 4.99 Å². The van der Waals surface area contributed by atoms with Crippen LogP contribution >= 0.6 is 23.1 Å². The summed E-state index contributed by atoms with van der Waals surface area (Å²) in [5, 5.41) is 10.9. The van der Waals surface area contributed by atoms with E-state index in [4.69, 9.17) is 0 Å². The fraction of sp³-hybridized carbons (Fsp3) is 0.222. The number of benzene rings is 2. The molecule has 0 aliphatic carbocycles. The summed E-state index contributed by atoms with van der Waals surface area (Å²) in [5.74, 6) is 0.478. The Bertz CT molecular complexity index is 1010. The number of amides is 1. The molecule has 0 fully saturated rings. The number of aromatic nitrogens is 1. The van der Waals surface area contributed by atoms with Crippen molar-refractivity contribution < 1.29 is 9.72 Å². The third kappa shape index (κ3) is 4.20. The summed E-state index contributed by atoms with van der Waals surface area (Å²) in [7, 11) is 0. The molecule has 0 radical (unpaired) electrons.